The van der Waals surface area contributed by atoms with Gasteiger partial charge in [-0.15, -0.1) is 12.4 Å². The van der Waals surface area contributed by atoms with Crippen molar-refractivity contribution in [2.24, 2.45) is 0 Å². The molecule has 1 amide bonds. The van der Waals surface area contributed by atoms with Crippen LogP contribution in [-0.4, -0.2) is 31.7 Å². The highest BCUT2D eigenvalue weighted by Crippen LogP contribution is 2.28. The zero-order chi connectivity index (χ0) is 13.9. The number of rotatable bonds is 3. The quantitative estimate of drug-likeness (QED) is 0.842. The molecule has 1 saturated heterocycles. The Hall–Kier alpha value is -0.330. The summed E-state index contributed by atoms with van der Waals surface area (Å²) in [4.78, 5) is 12.4. The summed E-state index contributed by atoms with van der Waals surface area (Å²) in [5, 5.41) is 6.73. The second kappa shape index (κ2) is 7.61. The number of carbonyl (C=O) groups excluding carboxylic acids is 1. The van der Waals surface area contributed by atoms with E-state index in [1.165, 1.54) is 0 Å². The van der Waals surface area contributed by atoms with Crippen molar-refractivity contribution in [3.05, 3.63) is 27.7 Å². The van der Waals surface area contributed by atoms with E-state index in [0.717, 1.165) is 17.6 Å². The van der Waals surface area contributed by atoms with Gasteiger partial charge in [-0.2, -0.15) is 0 Å². The normalized spacial score (nSPS) is 17.1. The molecule has 112 valence electrons. The predicted octanol–water partition coefficient (Wildman–Crippen LogP) is 3.23. The van der Waals surface area contributed by atoms with Crippen LogP contribution >= 0.6 is 39.9 Å². The fourth-order valence-electron chi connectivity index (χ4n) is 2.17. The van der Waals surface area contributed by atoms with Gasteiger partial charge in [-0.05, 0) is 60.1 Å². The lowest BCUT2D eigenvalue weighted by Gasteiger charge is -2.34. The summed E-state index contributed by atoms with van der Waals surface area (Å²) in [5.41, 5.74) is -0.0339. The van der Waals surface area contributed by atoms with Gasteiger partial charge < -0.3 is 15.4 Å². The van der Waals surface area contributed by atoms with Crippen LogP contribution in [0.4, 0.5) is 5.69 Å². The molecule has 1 aromatic rings. The van der Waals surface area contributed by atoms with Crippen LogP contribution in [0.1, 0.15) is 12.8 Å². The number of hydrogen-bond donors (Lipinski definition) is 2. The molecule has 1 aliphatic heterocycles. The highest BCUT2D eigenvalue weighted by Gasteiger charge is 2.39. The van der Waals surface area contributed by atoms with Crippen molar-refractivity contribution >= 4 is 51.5 Å². The van der Waals surface area contributed by atoms with Crippen LogP contribution in [0.15, 0.2) is 22.7 Å². The minimum absolute atomic E-state index is 0. The molecule has 20 heavy (non-hydrogen) atoms. The third-order valence-electron chi connectivity index (χ3n) is 3.39. The van der Waals surface area contributed by atoms with E-state index in [9.17, 15) is 4.79 Å². The van der Waals surface area contributed by atoms with Crippen LogP contribution in [0.2, 0.25) is 5.02 Å². The lowest BCUT2D eigenvalue weighted by molar-refractivity contribution is -0.140. The number of ether oxygens (including phenoxy) is 1. The van der Waals surface area contributed by atoms with Gasteiger partial charge in [0.15, 0.2) is 0 Å². The van der Waals surface area contributed by atoms with E-state index in [2.05, 4.69) is 26.6 Å². The lowest BCUT2D eigenvalue weighted by atomic mass is 9.91. The number of carbonyl (C=O) groups is 1. The topological polar surface area (TPSA) is 50.4 Å². The van der Waals surface area contributed by atoms with Gasteiger partial charge in [0.2, 0.25) is 0 Å². The number of benzene rings is 1. The molecule has 1 aromatic carbocycles. The summed E-state index contributed by atoms with van der Waals surface area (Å²) in [5.74, 6) is -0.106. The number of anilines is 1. The van der Waals surface area contributed by atoms with Crippen molar-refractivity contribution in [2.45, 2.75) is 18.4 Å². The third-order valence-corrected chi connectivity index (χ3v) is 4.61. The van der Waals surface area contributed by atoms with Crippen LogP contribution in [0.25, 0.3) is 0 Å². The second-order valence-corrected chi connectivity index (χ2v) is 5.79. The van der Waals surface area contributed by atoms with Gasteiger partial charge in [0.1, 0.15) is 5.60 Å². The summed E-state index contributed by atoms with van der Waals surface area (Å²) in [6.07, 6.45) is 1.34. The average Bonchev–Trinajstić information content (AvgIpc) is 2.43. The Morgan fingerprint density at radius 2 is 2.10 bits per heavy atom. The smallest absolute Gasteiger partial charge is 0.256 e. The first-order valence-corrected chi connectivity index (χ1v) is 7.27. The van der Waals surface area contributed by atoms with Crippen molar-refractivity contribution < 1.29 is 9.53 Å². The molecule has 0 radical (unpaired) electrons. The number of methoxy groups -OCH3 is 1. The van der Waals surface area contributed by atoms with E-state index < -0.39 is 5.60 Å². The Kier molecular flexibility index (Phi) is 6.75. The van der Waals surface area contributed by atoms with E-state index in [-0.39, 0.29) is 18.3 Å². The molecule has 0 aromatic heterocycles. The van der Waals surface area contributed by atoms with Crippen LogP contribution in [0.3, 0.4) is 0 Å². The number of piperidine rings is 1. The molecule has 1 heterocycles. The summed E-state index contributed by atoms with van der Waals surface area (Å²) < 4.78 is 6.23. The highest BCUT2D eigenvalue weighted by molar-refractivity contribution is 9.10. The standard InChI is InChI=1S/C13H16BrClN2O2.ClH/c1-19-13(4-6-16-7-5-13)12(18)17-9-2-3-11(15)10(14)8-9;/h2-3,8,16H,4-7H2,1H3,(H,17,18);1H. The first kappa shape index (κ1) is 17.7. The molecule has 0 atom stereocenters. The van der Waals surface area contributed by atoms with Gasteiger partial charge >= 0.3 is 0 Å². The monoisotopic (exact) mass is 382 g/mol. The van der Waals surface area contributed by atoms with Gasteiger partial charge in [0, 0.05) is 17.3 Å². The second-order valence-electron chi connectivity index (χ2n) is 4.53. The molecule has 4 nitrogen and oxygen atoms in total. The molecule has 7 heteroatoms. The van der Waals surface area contributed by atoms with E-state index in [0.29, 0.717) is 23.6 Å². The molecule has 0 unspecified atom stereocenters. The van der Waals surface area contributed by atoms with E-state index >= 15 is 0 Å². The summed E-state index contributed by atoms with van der Waals surface area (Å²) in [6, 6.07) is 5.29. The first-order chi connectivity index (χ1) is 9.07. The fraction of sp³-hybridized carbons (Fsp3) is 0.462. The van der Waals surface area contributed by atoms with E-state index in [1.807, 2.05) is 0 Å². The molecular weight excluding hydrogens is 367 g/mol. The maximum Gasteiger partial charge on any atom is 0.256 e. The van der Waals surface area contributed by atoms with E-state index in [4.69, 9.17) is 16.3 Å². The van der Waals surface area contributed by atoms with Gasteiger partial charge in [0.25, 0.3) is 5.91 Å². The number of nitrogens with one attached hydrogen (secondary N) is 2. The van der Waals surface area contributed by atoms with Crippen molar-refractivity contribution in [1.82, 2.24) is 5.32 Å². The van der Waals surface area contributed by atoms with Crippen molar-refractivity contribution in [2.75, 3.05) is 25.5 Å². The Bertz CT molecular complexity index is 479. The van der Waals surface area contributed by atoms with Gasteiger partial charge in [-0.3, -0.25) is 4.79 Å². The van der Waals surface area contributed by atoms with Crippen LogP contribution in [-0.2, 0) is 9.53 Å². The van der Waals surface area contributed by atoms with Crippen molar-refractivity contribution in [3.63, 3.8) is 0 Å². The van der Waals surface area contributed by atoms with Gasteiger partial charge in [-0.25, -0.2) is 0 Å². The SMILES string of the molecule is COC1(C(=O)Nc2ccc(Cl)c(Br)c2)CCNCC1.Cl. The van der Waals surface area contributed by atoms with Gasteiger partial charge in [0.05, 0.1) is 5.02 Å². The molecule has 0 saturated carbocycles. The zero-order valence-electron chi connectivity index (χ0n) is 11.0. The Morgan fingerprint density at radius 3 is 2.65 bits per heavy atom. The maximum absolute atomic E-state index is 12.4. The fourth-order valence-corrected chi connectivity index (χ4v) is 2.67. The zero-order valence-corrected chi connectivity index (χ0v) is 14.2. The minimum Gasteiger partial charge on any atom is -0.368 e. The molecule has 1 aliphatic rings. The van der Waals surface area contributed by atoms with Crippen LogP contribution in [0.5, 0.6) is 0 Å². The number of amides is 1. The maximum atomic E-state index is 12.4. The van der Waals surface area contributed by atoms with Crippen molar-refractivity contribution in [1.29, 1.82) is 0 Å². The summed E-state index contributed by atoms with van der Waals surface area (Å²) >= 11 is 9.27. The average molecular weight is 384 g/mol. The van der Waals surface area contributed by atoms with Crippen LogP contribution in [0, 0.1) is 0 Å². The van der Waals surface area contributed by atoms with Gasteiger partial charge in [-0.1, -0.05) is 11.6 Å². The Labute approximate surface area is 138 Å². The molecule has 2 N–H and O–H groups in total. The molecule has 0 aliphatic carbocycles. The Balaban J connectivity index is 0.00000200. The number of halogens is 3. The van der Waals surface area contributed by atoms with E-state index in [1.54, 1.807) is 25.3 Å². The molecule has 2 rings (SSSR count). The minimum atomic E-state index is -0.739. The summed E-state index contributed by atoms with van der Waals surface area (Å²) in [6.45, 7) is 1.57. The van der Waals surface area contributed by atoms with Crippen molar-refractivity contribution in [3.8, 4) is 0 Å². The molecule has 0 spiro atoms. The molecule has 1 fully saturated rings. The first-order valence-electron chi connectivity index (χ1n) is 6.10. The van der Waals surface area contributed by atoms with Crippen LogP contribution < -0.4 is 10.6 Å². The predicted molar refractivity (Wildman–Crippen MR) is 86.9 cm³/mol. The largest absolute Gasteiger partial charge is 0.368 e. The highest BCUT2D eigenvalue weighted by atomic mass is 79.9. The summed E-state index contributed by atoms with van der Waals surface area (Å²) in [7, 11) is 1.59. The third kappa shape index (κ3) is 3.86. The Morgan fingerprint density at radius 1 is 1.45 bits per heavy atom. The molecular formula is C13H17BrCl2N2O2. The molecule has 0 bridgehead atoms. The lowest BCUT2D eigenvalue weighted by Crippen LogP contribution is -2.51. The number of hydrogen-bond acceptors (Lipinski definition) is 3.